The molecule has 1 aliphatic rings. The molecule has 24 heavy (non-hydrogen) atoms. The second-order valence-corrected chi connectivity index (χ2v) is 7.28. The highest BCUT2D eigenvalue weighted by atomic mass is 19.1. The summed E-state index contributed by atoms with van der Waals surface area (Å²) in [7, 11) is 1.53. The molecule has 1 aromatic carbocycles. The minimum absolute atomic E-state index is 0.0889. The van der Waals surface area contributed by atoms with E-state index in [1.807, 2.05) is 20.8 Å². The van der Waals surface area contributed by atoms with Crippen molar-refractivity contribution in [1.29, 1.82) is 0 Å². The van der Waals surface area contributed by atoms with Gasteiger partial charge in [0.25, 0.3) is 0 Å². The van der Waals surface area contributed by atoms with Crippen LogP contribution >= 0.6 is 0 Å². The highest BCUT2D eigenvalue weighted by Crippen LogP contribution is 2.27. The average molecular weight is 338 g/mol. The van der Waals surface area contributed by atoms with Gasteiger partial charge in [-0.05, 0) is 52.3 Å². The Hall–Kier alpha value is -1.82. The summed E-state index contributed by atoms with van der Waals surface area (Å²) in [6.45, 7) is 7.55. The summed E-state index contributed by atoms with van der Waals surface area (Å²) in [5, 5.41) is 9.59. The standard InChI is InChI=1S/C18H27FN2O3/c1-18(2,3)21(17(22)23)13-7-6-10-20(11-13)12-14-15(19)8-5-9-16(14)24-4/h5,8-9,13H,6-7,10-12H2,1-4H3,(H,22,23)/t13-/m1/s1. The van der Waals surface area contributed by atoms with Crippen molar-refractivity contribution in [3.05, 3.63) is 29.6 Å². The number of hydrogen-bond donors (Lipinski definition) is 1. The number of hydrogen-bond acceptors (Lipinski definition) is 3. The summed E-state index contributed by atoms with van der Waals surface area (Å²) >= 11 is 0. The van der Waals surface area contributed by atoms with Gasteiger partial charge >= 0.3 is 6.09 Å². The molecule has 1 aromatic rings. The molecule has 1 amide bonds. The van der Waals surface area contributed by atoms with E-state index in [9.17, 15) is 14.3 Å². The van der Waals surface area contributed by atoms with E-state index >= 15 is 0 Å². The Balaban J connectivity index is 2.15. The summed E-state index contributed by atoms with van der Waals surface area (Å²) in [6, 6.07) is 4.72. The van der Waals surface area contributed by atoms with Crippen molar-refractivity contribution in [2.45, 2.75) is 51.7 Å². The zero-order valence-electron chi connectivity index (χ0n) is 14.9. The lowest BCUT2D eigenvalue weighted by molar-refractivity contribution is 0.0343. The fourth-order valence-corrected chi connectivity index (χ4v) is 3.48. The number of rotatable bonds is 4. The van der Waals surface area contributed by atoms with Crippen LogP contribution in [0.5, 0.6) is 5.75 Å². The third-order valence-corrected chi connectivity index (χ3v) is 4.45. The number of likely N-dealkylation sites (tertiary alicyclic amines) is 1. The molecule has 0 radical (unpaired) electrons. The Bertz CT molecular complexity index is 586. The van der Waals surface area contributed by atoms with E-state index in [2.05, 4.69) is 4.90 Å². The van der Waals surface area contributed by atoms with E-state index in [4.69, 9.17) is 4.74 Å². The number of piperidine rings is 1. The minimum Gasteiger partial charge on any atom is -0.496 e. The van der Waals surface area contributed by atoms with Crippen molar-refractivity contribution in [1.82, 2.24) is 9.80 Å². The van der Waals surface area contributed by atoms with Crippen molar-refractivity contribution < 1.29 is 19.0 Å². The van der Waals surface area contributed by atoms with Gasteiger partial charge in [-0.1, -0.05) is 6.07 Å². The molecule has 1 heterocycles. The molecule has 0 unspecified atom stereocenters. The van der Waals surface area contributed by atoms with Gasteiger partial charge in [0.2, 0.25) is 0 Å². The lowest BCUT2D eigenvalue weighted by Crippen LogP contribution is -2.56. The number of halogens is 1. The first kappa shape index (κ1) is 18.5. The van der Waals surface area contributed by atoms with Crippen molar-refractivity contribution in [2.24, 2.45) is 0 Å². The molecule has 0 spiro atoms. The Kier molecular flexibility index (Phi) is 5.70. The number of ether oxygens (including phenoxy) is 1. The van der Waals surface area contributed by atoms with Gasteiger partial charge in [0.15, 0.2) is 0 Å². The molecule has 0 saturated carbocycles. The molecule has 2 rings (SSSR count). The molecule has 1 atom stereocenters. The quantitative estimate of drug-likeness (QED) is 0.912. The number of methoxy groups -OCH3 is 1. The van der Waals surface area contributed by atoms with Gasteiger partial charge in [0.1, 0.15) is 11.6 Å². The Morgan fingerprint density at radius 3 is 2.75 bits per heavy atom. The van der Waals surface area contributed by atoms with E-state index in [0.717, 1.165) is 19.4 Å². The number of nitrogens with zero attached hydrogens (tertiary/aromatic N) is 2. The van der Waals surface area contributed by atoms with Crippen LogP contribution in [0.2, 0.25) is 0 Å². The molecule has 0 aromatic heterocycles. The van der Waals surface area contributed by atoms with E-state index < -0.39 is 11.6 Å². The van der Waals surface area contributed by atoms with Gasteiger partial charge in [-0.2, -0.15) is 0 Å². The maximum atomic E-state index is 14.2. The molecule has 0 aliphatic carbocycles. The van der Waals surface area contributed by atoms with Crippen LogP contribution in [0.25, 0.3) is 0 Å². The molecule has 0 bridgehead atoms. The molecule has 1 fully saturated rings. The predicted molar refractivity (Wildman–Crippen MR) is 90.9 cm³/mol. The van der Waals surface area contributed by atoms with Gasteiger partial charge in [0, 0.05) is 30.2 Å². The summed E-state index contributed by atoms with van der Waals surface area (Å²) in [6.07, 6.45) is 0.813. The Morgan fingerprint density at radius 1 is 1.46 bits per heavy atom. The second-order valence-electron chi connectivity index (χ2n) is 7.28. The molecule has 6 heteroatoms. The van der Waals surface area contributed by atoms with Crippen molar-refractivity contribution in [3.8, 4) is 5.75 Å². The normalized spacial score (nSPS) is 19.1. The fraction of sp³-hybridized carbons (Fsp3) is 0.611. The molecule has 5 nitrogen and oxygen atoms in total. The minimum atomic E-state index is -0.905. The van der Waals surface area contributed by atoms with Gasteiger partial charge in [-0.15, -0.1) is 0 Å². The van der Waals surface area contributed by atoms with Crippen LogP contribution < -0.4 is 4.74 Å². The van der Waals surface area contributed by atoms with Crippen molar-refractivity contribution in [2.75, 3.05) is 20.2 Å². The zero-order chi connectivity index (χ0) is 17.9. The third-order valence-electron chi connectivity index (χ3n) is 4.45. The van der Waals surface area contributed by atoms with Crippen molar-refractivity contribution in [3.63, 3.8) is 0 Å². The van der Waals surface area contributed by atoms with E-state index in [0.29, 0.717) is 24.4 Å². The second kappa shape index (κ2) is 7.38. The zero-order valence-corrected chi connectivity index (χ0v) is 14.9. The molecule has 1 N–H and O–H groups in total. The molecule has 1 aliphatic heterocycles. The van der Waals surface area contributed by atoms with Crippen molar-refractivity contribution >= 4 is 6.09 Å². The number of benzene rings is 1. The maximum absolute atomic E-state index is 14.2. The fourth-order valence-electron chi connectivity index (χ4n) is 3.48. The first-order chi connectivity index (χ1) is 11.2. The van der Waals surface area contributed by atoms with Crippen LogP contribution in [0.3, 0.4) is 0 Å². The first-order valence-corrected chi connectivity index (χ1v) is 8.30. The van der Waals surface area contributed by atoms with Crippen LogP contribution in [0, 0.1) is 5.82 Å². The number of carbonyl (C=O) groups is 1. The number of carboxylic acid groups (broad SMARTS) is 1. The van der Waals surface area contributed by atoms with Gasteiger partial charge in [0.05, 0.1) is 7.11 Å². The monoisotopic (exact) mass is 338 g/mol. The van der Waals surface area contributed by atoms with E-state index in [1.54, 1.807) is 12.1 Å². The van der Waals surface area contributed by atoms with Crippen LogP contribution in [0.4, 0.5) is 9.18 Å². The van der Waals surface area contributed by atoms with Crippen LogP contribution in [-0.2, 0) is 6.54 Å². The topological polar surface area (TPSA) is 53.0 Å². The molecule has 1 saturated heterocycles. The smallest absolute Gasteiger partial charge is 0.408 e. The SMILES string of the molecule is COc1cccc(F)c1CN1CCC[C@@H](N(C(=O)O)C(C)(C)C)C1. The highest BCUT2D eigenvalue weighted by molar-refractivity contribution is 5.66. The van der Waals surface area contributed by atoms with Crippen LogP contribution in [-0.4, -0.2) is 52.8 Å². The van der Waals surface area contributed by atoms with Crippen LogP contribution in [0.1, 0.15) is 39.2 Å². The summed E-state index contributed by atoms with van der Waals surface area (Å²) in [4.78, 5) is 15.3. The Morgan fingerprint density at radius 2 is 2.17 bits per heavy atom. The largest absolute Gasteiger partial charge is 0.496 e. The van der Waals surface area contributed by atoms with Gasteiger partial charge in [-0.25, -0.2) is 9.18 Å². The molecular weight excluding hydrogens is 311 g/mol. The van der Waals surface area contributed by atoms with Gasteiger partial charge in [-0.3, -0.25) is 9.80 Å². The highest BCUT2D eigenvalue weighted by Gasteiger charge is 2.35. The van der Waals surface area contributed by atoms with E-state index in [-0.39, 0.29) is 11.9 Å². The van der Waals surface area contributed by atoms with Gasteiger partial charge < -0.3 is 9.84 Å². The average Bonchev–Trinajstić information content (AvgIpc) is 2.48. The number of amides is 1. The third kappa shape index (κ3) is 4.17. The maximum Gasteiger partial charge on any atom is 0.408 e. The van der Waals surface area contributed by atoms with Crippen LogP contribution in [0.15, 0.2) is 18.2 Å². The lowest BCUT2D eigenvalue weighted by atomic mass is 9.97. The first-order valence-electron chi connectivity index (χ1n) is 8.30. The summed E-state index contributed by atoms with van der Waals surface area (Å²) in [5.74, 6) is 0.241. The Labute approximate surface area is 143 Å². The molecule has 134 valence electrons. The lowest BCUT2D eigenvalue weighted by Gasteiger charge is -2.44. The summed E-state index contributed by atoms with van der Waals surface area (Å²) in [5.41, 5.74) is 0.0631. The summed E-state index contributed by atoms with van der Waals surface area (Å²) < 4.78 is 19.4. The predicted octanol–water partition coefficient (Wildman–Crippen LogP) is 3.58. The van der Waals surface area contributed by atoms with E-state index in [1.165, 1.54) is 18.1 Å². The molecular formula is C18H27FN2O3.